The fourth-order valence-electron chi connectivity index (χ4n) is 4.35. The number of ether oxygens (including phenoxy) is 1. The van der Waals surface area contributed by atoms with Crippen LogP contribution in [0.3, 0.4) is 0 Å². The highest BCUT2D eigenvalue weighted by atomic mass is 35.5. The Morgan fingerprint density at radius 1 is 0.952 bits per heavy atom. The monoisotopic (exact) mass is 596 g/mol. The van der Waals surface area contributed by atoms with Crippen LogP contribution in [0.2, 0.25) is 5.02 Å². The van der Waals surface area contributed by atoms with E-state index < -0.39 is 17.8 Å². The Morgan fingerprint density at radius 2 is 1.67 bits per heavy atom. The largest absolute Gasteiger partial charge is 0.470 e. The number of ketones is 1. The van der Waals surface area contributed by atoms with Crippen LogP contribution in [0.15, 0.2) is 47.0 Å². The number of nitrogens with one attached hydrogen (secondary N) is 3. The molecule has 42 heavy (non-hydrogen) atoms. The van der Waals surface area contributed by atoms with Crippen molar-refractivity contribution in [1.29, 1.82) is 0 Å². The van der Waals surface area contributed by atoms with Gasteiger partial charge in [-0.2, -0.15) is 0 Å². The molecule has 0 aliphatic rings. The number of hydrogen-bond acceptors (Lipinski definition) is 7. The summed E-state index contributed by atoms with van der Waals surface area (Å²) < 4.78 is 11.0. The van der Waals surface area contributed by atoms with Gasteiger partial charge in [0.25, 0.3) is 11.8 Å². The van der Waals surface area contributed by atoms with Crippen LogP contribution in [0, 0.1) is 13.8 Å². The first-order chi connectivity index (χ1) is 20.1. The van der Waals surface area contributed by atoms with E-state index in [0.717, 1.165) is 19.3 Å². The summed E-state index contributed by atoms with van der Waals surface area (Å²) >= 11 is 6.43. The lowest BCUT2D eigenvalue weighted by molar-refractivity contribution is -0.120. The van der Waals surface area contributed by atoms with E-state index in [9.17, 15) is 19.2 Å². The van der Waals surface area contributed by atoms with Crippen molar-refractivity contribution >= 4 is 46.5 Å². The van der Waals surface area contributed by atoms with Gasteiger partial charge < -0.3 is 25.2 Å². The minimum atomic E-state index is -1.69. The van der Waals surface area contributed by atoms with Gasteiger partial charge in [0.05, 0.1) is 27.7 Å². The number of anilines is 2. The standard InChI is InChI=1S/C31H37ClN4O6/c1-5-6-7-8-9-12-17-33-30(39)22-15-16-24(23(32)18-22)35-31(40)29(28(38)27-19(2)36-42-20(27)3)41-26-14-11-10-13-25(26)34-21(4)37/h10-11,13-16,18,29H,5-9,12,17H2,1-4H3,(H,33,39)(H,34,37)(H,35,40). The number of aromatic nitrogens is 1. The topological polar surface area (TPSA) is 140 Å². The van der Waals surface area contributed by atoms with Gasteiger partial charge in [0, 0.05) is 19.0 Å². The average Bonchev–Trinajstić information content (AvgIpc) is 3.29. The molecule has 3 N–H and O–H groups in total. The summed E-state index contributed by atoms with van der Waals surface area (Å²) in [6.45, 7) is 7.20. The van der Waals surface area contributed by atoms with Crippen LogP contribution < -0.4 is 20.7 Å². The smallest absolute Gasteiger partial charge is 0.273 e. The van der Waals surface area contributed by atoms with E-state index >= 15 is 0 Å². The molecule has 1 unspecified atom stereocenters. The Balaban J connectivity index is 1.76. The third-order valence-corrected chi connectivity index (χ3v) is 6.82. The Hall–Kier alpha value is -4.18. The van der Waals surface area contributed by atoms with Gasteiger partial charge >= 0.3 is 0 Å². The van der Waals surface area contributed by atoms with E-state index in [2.05, 4.69) is 28.0 Å². The highest BCUT2D eigenvalue weighted by Crippen LogP contribution is 2.28. The second-order valence-corrected chi connectivity index (χ2v) is 10.4. The third kappa shape index (κ3) is 8.91. The van der Waals surface area contributed by atoms with Crippen LogP contribution in [-0.2, 0) is 9.59 Å². The van der Waals surface area contributed by atoms with Crippen molar-refractivity contribution in [2.75, 3.05) is 17.2 Å². The molecule has 0 aliphatic carbocycles. The number of carbonyl (C=O) groups excluding carboxylic acids is 4. The van der Waals surface area contributed by atoms with Crippen molar-refractivity contribution in [2.24, 2.45) is 0 Å². The zero-order valence-electron chi connectivity index (χ0n) is 24.3. The number of rotatable bonds is 15. The number of nitrogens with zero attached hydrogens (tertiary/aromatic N) is 1. The van der Waals surface area contributed by atoms with Gasteiger partial charge in [-0.25, -0.2) is 0 Å². The molecule has 11 heteroatoms. The van der Waals surface area contributed by atoms with E-state index in [4.69, 9.17) is 20.9 Å². The molecule has 10 nitrogen and oxygen atoms in total. The molecule has 2 aromatic carbocycles. The third-order valence-electron chi connectivity index (χ3n) is 6.50. The molecule has 3 rings (SSSR count). The maximum atomic E-state index is 13.6. The van der Waals surface area contributed by atoms with Gasteiger partial charge in [-0.05, 0) is 50.6 Å². The van der Waals surface area contributed by atoms with E-state index in [1.165, 1.54) is 50.5 Å². The minimum absolute atomic E-state index is 0.107. The van der Waals surface area contributed by atoms with Gasteiger partial charge in [0.1, 0.15) is 11.5 Å². The molecular formula is C31H37ClN4O6. The van der Waals surface area contributed by atoms with E-state index in [1.54, 1.807) is 32.0 Å². The first kappa shape index (κ1) is 32.3. The van der Waals surface area contributed by atoms with Gasteiger partial charge in [0.2, 0.25) is 17.8 Å². The average molecular weight is 597 g/mol. The lowest BCUT2D eigenvalue weighted by Crippen LogP contribution is -2.40. The number of Topliss-reactive ketones (excluding diaryl/α,β-unsaturated/α-hetero) is 1. The lowest BCUT2D eigenvalue weighted by Gasteiger charge is -2.20. The van der Waals surface area contributed by atoms with Crippen LogP contribution in [0.1, 0.15) is 84.5 Å². The SMILES string of the molecule is CCCCCCCCNC(=O)c1ccc(NC(=O)C(Oc2ccccc2NC(C)=O)C(=O)c2c(C)noc2C)c(Cl)c1. The van der Waals surface area contributed by atoms with Crippen LogP contribution in [0.4, 0.5) is 11.4 Å². The van der Waals surface area contributed by atoms with Crippen molar-refractivity contribution in [3.63, 3.8) is 0 Å². The molecule has 0 aliphatic heterocycles. The molecule has 0 bridgehead atoms. The Bertz CT molecular complexity index is 1400. The second kappa shape index (κ2) is 15.7. The molecule has 3 aromatic rings. The number of halogens is 1. The Morgan fingerprint density at radius 3 is 2.33 bits per heavy atom. The van der Waals surface area contributed by atoms with E-state index in [0.29, 0.717) is 17.8 Å². The summed E-state index contributed by atoms with van der Waals surface area (Å²) in [4.78, 5) is 51.4. The van der Waals surface area contributed by atoms with Gasteiger partial charge in [0.15, 0.2) is 0 Å². The van der Waals surface area contributed by atoms with E-state index in [-0.39, 0.29) is 45.3 Å². The molecular weight excluding hydrogens is 560 g/mol. The zero-order chi connectivity index (χ0) is 30.6. The van der Waals surface area contributed by atoms with Crippen molar-refractivity contribution in [1.82, 2.24) is 10.5 Å². The maximum absolute atomic E-state index is 13.6. The number of hydrogen-bond donors (Lipinski definition) is 3. The molecule has 0 saturated carbocycles. The van der Waals surface area contributed by atoms with Gasteiger partial charge in [-0.1, -0.05) is 67.9 Å². The predicted molar refractivity (Wildman–Crippen MR) is 161 cm³/mol. The molecule has 1 heterocycles. The molecule has 0 spiro atoms. The van der Waals surface area contributed by atoms with Crippen molar-refractivity contribution in [3.05, 3.63) is 70.1 Å². The number of carbonyl (C=O) groups is 4. The van der Waals surface area contributed by atoms with Crippen molar-refractivity contribution in [2.45, 2.75) is 72.3 Å². The fourth-order valence-corrected chi connectivity index (χ4v) is 4.57. The maximum Gasteiger partial charge on any atom is 0.273 e. The van der Waals surface area contributed by atoms with Crippen LogP contribution >= 0.6 is 11.6 Å². The summed E-state index contributed by atoms with van der Waals surface area (Å²) in [7, 11) is 0. The van der Waals surface area contributed by atoms with Gasteiger partial charge in [-0.3, -0.25) is 19.2 Å². The fraction of sp³-hybridized carbons (Fsp3) is 0.387. The molecule has 0 fully saturated rings. The number of para-hydroxylation sites is 2. The molecule has 1 aromatic heterocycles. The number of unbranched alkanes of at least 4 members (excludes halogenated alkanes) is 5. The minimum Gasteiger partial charge on any atom is -0.470 e. The zero-order valence-corrected chi connectivity index (χ0v) is 25.1. The quantitative estimate of drug-likeness (QED) is 0.107. The molecule has 0 saturated heterocycles. The van der Waals surface area contributed by atoms with Crippen LogP contribution in [-0.4, -0.2) is 41.3 Å². The molecule has 0 radical (unpaired) electrons. The Labute approximate surface area is 250 Å². The Kier molecular flexibility index (Phi) is 12.1. The molecule has 1 atom stereocenters. The first-order valence-electron chi connectivity index (χ1n) is 14.0. The number of benzene rings is 2. The van der Waals surface area contributed by atoms with Crippen molar-refractivity contribution < 1.29 is 28.4 Å². The number of amides is 3. The van der Waals surface area contributed by atoms with Crippen LogP contribution in [0.25, 0.3) is 0 Å². The first-order valence-corrected chi connectivity index (χ1v) is 14.4. The predicted octanol–water partition coefficient (Wildman–Crippen LogP) is 6.26. The highest BCUT2D eigenvalue weighted by Gasteiger charge is 2.34. The second-order valence-electron chi connectivity index (χ2n) is 9.95. The van der Waals surface area contributed by atoms with E-state index in [1.807, 2.05) is 0 Å². The van der Waals surface area contributed by atoms with Crippen molar-refractivity contribution in [3.8, 4) is 5.75 Å². The summed E-state index contributed by atoms with van der Waals surface area (Å²) in [5.74, 6) is -1.80. The summed E-state index contributed by atoms with van der Waals surface area (Å²) in [5, 5.41) is 12.1. The normalized spacial score (nSPS) is 11.5. The van der Waals surface area contributed by atoms with Gasteiger partial charge in [-0.15, -0.1) is 0 Å². The highest BCUT2D eigenvalue weighted by molar-refractivity contribution is 6.34. The molecule has 3 amide bonds. The summed E-state index contributed by atoms with van der Waals surface area (Å²) in [6, 6.07) is 10.9. The van der Waals surface area contributed by atoms with Crippen LogP contribution in [0.5, 0.6) is 5.75 Å². The summed E-state index contributed by atoms with van der Waals surface area (Å²) in [6.07, 6.45) is 5.01. The molecule has 224 valence electrons. The number of aryl methyl sites for hydroxylation is 2. The summed E-state index contributed by atoms with van der Waals surface area (Å²) in [5.41, 5.74) is 1.21. The lowest BCUT2D eigenvalue weighted by atomic mass is 10.0.